The fraction of sp³-hybridized carbons (Fsp3) is 0.0455. The molecule has 0 fully saturated rings. The predicted octanol–water partition coefficient (Wildman–Crippen LogP) is 5.07. The van der Waals surface area contributed by atoms with E-state index in [9.17, 15) is 13.2 Å². The number of rotatable bonds is 4. The average molecular weight is 410 g/mol. The maximum Gasteiger partial charge on any atom is 0.268 e. The van der Waals surface area contributed by atoms with Crippen LogP contribution in [0.3, 0.4) is 0 Å². The second-order valence-electron chi connectivity index (χ2n) is 6.51. The van der Waals surface area contributed by atoms with E-state index in [1.165, 1.54) is 6.20 Å². The molecule has 4 nitrogen and oxygen atoms in total. The normalized spacial score (nSPS) is 11.6. The second kappa shape index (κ2) is 6.93. The Morgan fingerprint density at radius 3 is 2.29 bits per heavy atom. The molecule has 0 aliphatic rings. The van der Waals surface area contributed by atoms with Crippen LogP contribution in [0.1, 0.15) is 21.5 Å². The largest absolute Gasteiger partial charge is 0.289 e. The van der Waals surface area contributed by atoms with Crippen molar-refractivity contribution in [3.63, 3.8) is 0 Å². The highest BCUT2D eigenvalue weighted by atomic mass is 35.5. The minimum Gasteiger partial charge on any atom is -0.289 e. The molecular weight excluding hydrogens is 394 g/mol. The van der Waals surface area contributed by atoms with Crippen molar-refractivity contribution < 1.29 is 13.2 Å². The molecule has 0 unspecified atom stereocenters. The van der Waals surface area contributed by atoms with Gasteiger partial charge in [-0.25, -0.2) is 12.4 Å². The van der Waals surface area contributed by atoms with Crippen molar-refractivity contribution >= 4 is 38.3 Å². The Bertz CT molecular complexity index is 1290. The standard InChI is InChI=1S/C22H16ClNO3S/c1-15-7-10-18(11-8-15)28(26,27)24-14-20(19-13-17(23)9-12-21(19)24)22(25)16-5-3-2-4-6-16/h2-14H,1H3. The van der Waals surface area contributed by atoms with Gasteiger partial charge in [0, 0.05) is 27.7 Å². The molecule has 0 aliphatic heterocycles. The third kappa shape index (κ3) is 3.13. The first-order valence-electron chi connectivity index (χ1n) is 8.60. The van der Waals surface area contributed by atoms with E-state index in [0.29, 0.717) is 27.1 Å². The van der Waals surface area contributed by atoms with E-state index in [4.69, 9.17) is 11.6 Å². The van der Waals surface area contributed by atoms with Gasteiger partial charge < -0.3 is 0 Å². The maximum atomic E-state index is 13.2. The Morgan fingerprint density at radius 1 is 0.929 bits per heavy atom. The predicted molar refractivity (Wildman–Crippen MR) is 111 cm³/mol. The fourth-order valence-corrected chi connectivity index (χ4v) is 4.66. The fourth-order valence-electron chi connectivity index (χ4n) is 3.12. The Balaban J connectivity index is 1.96. The third-order valence-electron chi connectivity index (χ3n) is 4.59. The molecule has 1 aromatic heterocycles. The summed E-state index contributed by atoms with van der Waals surface area (Å²) in [6, 6.07) is 20.2. The Morgan fingerprint density at radius 2 is 1.61 bits per heavy atom. The van der Waals surface area contributed by atoms with Crippen molar-refractivity contribution in [1.82, 2.24) is 3.97 Å². The highest BCUT2D eigenvalue weighted by Crippen LogP contribution is 2.30. The quantitative estimate of drug-likeness (QED) is 0.442. The zero-order valence-electron chi connectivity index (χ0n) is 15.0. The first kappa shape index (κ1) is 18.5. The molecule has 0 bridgehead atoms. The van der Waals surface area contributed by atoms with E-state index < -0.39 is 10.0 Å². The lowest BCUT2D eigenvalue weighted by Crippen LogP contribution is -2.12. The molecule has 0 saturated heterocycles. The van der Waals surface area contributed by atoms with Crippen molar-refractivity contribution in [3.8, 4) is 0 Å². The molecule has 0 saturated carbocycles. The minimum absolute atomic E-state index is 0.156. The molecule has 28 heavy (non-hydrogen) atoms. The molecule has 1 heterocycles. The lowest BCUT2D eigenvalue weighted by molar-refractivity contribution is 0.104. The van der Waals surface area contributed by atoms with Crippen LogP contribution in [0.2, 0.25) is 5.02 Å². The summed E-state index contributed by atoms with van der Waals surface area (Å²) < 4.78 is 27.6. The molecule has 0 spiro atoms. The van der Waals surface area contributed by atoms with Gasteiger partial charge in [-0.2, -0.15) is 0 Å². The lowest BCUT2D eigenvalue weighted by atomic mass is 10.0. The molecule has 0 amide bonds. The summed E-state index contributed by atoms with van der Waals surface area (Å²) >= 11 is 6.13. The van der Waals surface area contributed by atoms with Crippen LogP contribution in [-0.4, -0.2) is 18.2 Å². The van der Waals surface area contributed by atoms with Gasteiger partial charge in [-0.1, -0.05) is 59.6 Å². The molecule has 6 heteroatoms. The van der Waals surface area contributed by atoms with Crippen LogP contribution in [-0.2, 0) is 10.0 Å². The van der Waals surface area contributed by atoms with E-state index in [0.717, 1.165) is 9.54 Å². The molecule has 4 aromatic rings. The van der Waals surface area contributed by atoms with E-state index in [2.05, 4.69) is 0 Å². The first-order chi connectivity index (χ1) is 13.4. The topological polar surface area (TPSA) is 56.1 Å². The van der Waals surface area contributed by atoms with E-state index in [1.807, 2.05) is 13.0 Å². The van der Waals surface area contributed by atoms with Crippen molar-refractivity contribution in [2.24, 2.45) is 0 Å². The van der Waals surface area contributed by atoms with Crippen molar-refractivity contribution in [3.05, 3.63) is 101 Å². The zero-order chi connectivity index (χ0) is 19.9. The number of nitrogens with zero attached hydrogens (tertiary/aromatic N) is 1. The minimum atomic E-state index is -3.87. The summed E-state index contributed by atoms with van der Waals surface area (Å²) in [6.07, 6.45) is 1.38. The molecular formula is C22H16ClNO3S. The van der Waals surface area contributed by atoms with Crippen LogP contribution < -0.4 is 0 Å². The molecule has 3 aromatic carbocycles. The van der Waals surface area contributed by atoms with Crippen molar-refractivity contribution in [2.45, 2.75) is 11.8 Å². The molecule has 4 rings (SSSR count). The number of fused-ring (bicyclic) bond motifs is 1. The number of ketones is 1. The Labute approximate surface area is 168 Å². The summed E-state index contributed by atoms with van der Waals surface area (Å²) in [6.45, 7) is 1.89. The van der Waals surface area contributed by atoms with Gasteiger partial charge in [-0.3, -0.25) is 4.79 Å². The summed E-state index contributed by atoms with van der Waals surface area (Å²) in [5, 5.41) is 0.928. The summed E-state index contributed by atoms with van der Waals surface area (Å²) in [5.74, 6) is -0.259. The number of hydrogen-bond acceptors (Lipinski definition) is 3. The van der Waals surface area contributed by atoms with Crippen LogP contribution in [0, 0.1) is 6.92 Å². The van der Waals surface area contributed by atoms with Gasteiger partial charge >= 0.3 is 0 Å². The second-order valence-corrected chi connectivity index (χ2v) is 8.76. The smallest absolute Gasteiger partial charge is 0.268 e. The Hall–Kier alpha value is -2.89. The van der Waals surface area contributed by atoms with E-state index in [1.54, 1.807) is 66.7 Å². The number of aromatic nitrogens is 1. The Kier molecular flexibility index (Phi) is 4.57. The lowest BCUT2D eigenvalue weighted by Gasteiger charge is -2.08. The number of benzene rings is 3. The van der Waals surface area contributed by atoms with Crippen LogP contribution >= 0.6 is 11.6 Å². The monoisotopic (exact) mass is 409 g/mol. The first-order valence-corrected chi connectivity index (χ1v) is 10.4. The maximum absolute atomic E-state index is 13.2. The van der Waals surface area contributed by atoms with Crippen LogP contribution in [0.5, 0.6) is 0 Å². The molecule has 0 N–H and O–H groups in total. The van der Waals surface area contributed by atoms with Crippen molar-refractivity contribution in [2.75, 3.05) is 0 Å². The summed E-state index contributed by atoms with van der Waals surface area (Å²) in [5.41, 5.74) is 2.14. The van der Waals surface area contributed by atoms with Gasteiger partial charge in [0.2, 0.25) is 0 Å². The van der Waals surface area contributed by atoms with Crippen LogP contribution in [0.25, 0.3) is 10.9 Å². The van der Waals surface area contributed by atoms with E-state index in [-0.39, 0.29) is 10.7 Å². The number of hydrogen-bond donors (Lipinski definition) is 0. The average Bonchev–Trinajstić information content (AvgIpc) is 3.08. The molecule has 0 aliphatic carbocycles. The van der Waals surface area contributed by atoms with E-state index >= 15 is 0 Å². The highest BCUT2D eigenvalue weighted by molar-refractivity contribution is 7.90. The molecule has 0 radical (unpaired) electrons. The molecule has 140 valence electrons. The van der Waals surface area contributed by atoms with Crippen molar-refractivity contribution in [1.29, 1.82) is 0 Å². The third-order valence-corrected chi connectivity index (χ3v) is 6.51. The van der Waals surface area contributed by atoms with Gasteiger partial charge in [0.15, 0.2) is 5.78 Å². The van der Waals surface area contributed by atoms with Gasteiger partial charge in [-0.15, -0.1) is 0 Å². The van der Waals surface area contributed by atoms with Gasteiger partial charge in [0.25, 0.3) is 10.0 Å². The SMILES string of the molecule is Cc1ccc(S(=O)(=O)n2cc(C(=O)c3ccccc3)c3cc(Cl)ccc32)cc1. The molecule has 0 atom stereocenters. The summed E-state index contributed by atoms with van der Waals surface area (Å²) in [4.78, 5) is 13.2. The van der Waals surface area contributed by atoms with Gasteiger partial charge in [0.1, 0.15) is 0 Å². The number of carbonyl (C=O) groups is 1. The van der Waals surface area contributed by atoms with Crippen LogP contribution in [0.4, 0.5) is 0 Å². The van der Waals surface area contributed by atoms with Gasteiger partial charge in [0.05, 0.1) is 10.4 Å². The number of carbonyl (C=O) groups excluding carboxylic acids is 1. The number of aryl methyl sites for hydroxylation is 1. The van der Waals surface area contributed by atoms with Crippen LogP contribution in [0.15, 0.2) is 83.9 Å². The van der Waals surface area contributed by atoms with Gasteiger partial charge in [-0.05, 0) is 37.3 Å². The zero-order valence-corrected chi connectivity index (χ0v) is 16.5. The summed E-state index contributed by atoms with van der Waals surface area (Å²) in [7, 11) is -3.87. The highest BCUT2D eigenvalue weighted by Gasteiger charge is 2.24. The number of halogens is 1.